The van der Waals surface area contributed by atoms with Crippen molar-refractivity contribution in [3.8, 4) is 28.5 Å². The molecule has 0 saturated heterocycles. The first-order chi connectivity index (χ1) is 12.8. The first-order valence-corrected chi connectivity index (χ1v) is 7.82. The van der Waals surface area contributed by atoms with Crippen LogP contribution in [0.5, 0.6) is 5.75 Å². The summed E-state index contributed by atoms with van der Waals surface area (Å²) in [4.78, 5) is 7.08. The molecule has 0 spiro atoms. The monoisotopic (exact) mass is 376 g/mol. The van der Waals surface area contributed by atoms with Crippen LogP contribution in [-0.2, 0) is 6.18 Å². The van der Waals surface area contributed by atoms with Crippen molar-refractivity contribution in [3.63, 3.8) is 0 Å². The van der Waals surface area contributed by atoms with Gasteiger partial charge in [-0.15, -0.1) is 0 Å². The van der Waals surface area contributed by atoms with Gasteiger partial charge in [-0.3, -0.25) is 5.10 Å². The van der Waals surface area contributed by atoms with Crippen molar-refractivity contribution in [2.24, 2.45) is 0 Å². The highest BCUT2D eigenvalue weighted by molar-refractivity contribution is 5.80. The minimum atomic E-state index is -4.44. The molecule has 4 aromatic rings. The maximum Gasteiger partial charge on any atom is 0.416 e. The molecule has 0 bridgehead atoms. The molecule has 0 aliphatic carbocycles. The van der Waals surface area contributed by atoms with Gasteiger partial charge in [0.15, 0.2) is 5.82 Å². The second kappa shape index (κ2) is 6.11. The van der Waals surface area contributed by atoms with E-state index < -0.39 is 17.6 Å². The summed E-state index contributed by atoms with van der Waals surface area (Å²) in [6.07, 6.45) is -4.44. The number of imidazole rings is 1. The summed E-state index contributed by atoms with van der Waals surface area (Å²) in [7, 11) is 1.44. The fraction of sp³-hybridized carbons (Fsp3) is 0.111. The van der Waals surface area contributed by atoms with Crippen molar-refractivity contribution >= 4 is 11.0 Å². The molecule has 0 atom stereocenters. The fourth-order valence-electron chi connectivity index (χ4n) is 2.73. The van der Waals surface area contributed by atoms with E-state index in [1.54, 1.807) is 12.1 Å². The number of alkyl halides is 3. The molecule has 0 aliphatic rings. The number of H-pyrrole nitrogens is 2. The highest BCUT2D eigenvalue weighted by atomic mass is 19.4. The van der Waals surface area contributed by atoms with E-state index in [1.807, 2.05) is 0 Å². The molecule has 0 saturated carbocycles. The van der Waals surface area contributed by atoms with E-state index >= 15 is 0 Å². The van der Waals surface area contributed by atoms with Crippen LogP contribution >= 0.6 is 0 Å². The molecule has 5 nitrogen and oxygen atoms in total. The fourth-order valence-corrected chi connectivity index (χ4v) is 2.73. The number of halogens is 4. The van der Waals surface area contributed by atoms with Crippen molar-refractivity contribution in [1.82, 2.24) is 20.2 Å². The molecule has 9 heteroatoms. The van der Waals surface area contributed by atoms with Gasteiger partial charge in [0.1, 0.15) is 17.3 Å². The van der Waals surface area contributed by atoms with Gasteiger partial charge in [-0.2, -0.15) is 18.3 Å². The van der Waals surface area contributed by atoms with E-state index in [0.717, 1.165) is 12.1 Å². The molecule has 0 unspecified atom stereocenters. The standard InChI is InChI=1S/C18H12F4N4O/c1-27-10-3-4-11(12(19)7-10)14-8-16(26-25-14)17-23-13-5-2-9(18(20,21)22)6-15(13)24-17/h2-8H,1H3,(H,23,24)(H,25,26). The van der Waals surface area contributed by atoms with E-state index in [9.17, 15) is 17.6 Å². The zero-order chi connectivity index (χ0) is 19.2. The number of ether oxygens (including phenoxy) is 1. The quantitative estimate of drug-likeness (QED) is 0.506. The third-order valence-corrected chi connectivity index (χ3v) is 4.09. The minimum Gasteiger partial charge on any atom is -0.497 e. The zero-order valence-corrected chi connectivity index (χ0v) is 13.9. The summed E-state index contributed by atoms with van der Waals surface area (Å²) >= 11 is 0. The van der Waals surface area contributed by atoms with Crippen molar-refractivity contribution in [2.45, 2.75) is 6.18 Å². The lowest BCUT2D eigenvalue weighted by Gasteiger charge is -2.05. The molecule has 27 heavy (non-hydrogen) atoms. The van der Waals surface area contributed by atoms with E-state index in [0.29, 0.717) is 28.5 Å². The number of aromatic amines is 2. The molecule has 2 N–H and O–H groups in total. The van der Waals surface area contributed by atoms with Crippen molar-refractivity contribution in [1.29, 1.82) is 0 Å². The highest BCUT2D eigenvalue weighted by Gasteiger charge is 2.30. The van der Waals surface area contributed by atoms with Gasteiger partial charge >= 0.3 is 6.18 Å². The Hall–Kier alpha value is -3.36. The molecule has 0 amide bonds. The molecule has 2 aromatic heterocycles. The molecular weight excluding hydrogens is 364 g/mol. The molecule has 0 fully saturated rings. The van der Waals surface area contributed by atoms with E-state index in [-0.39, 0.29) is 11.1 Å². The molecule has 2 heterocycles. The number of nitrogens with zero attached hydrogens (tertiary/aromatic N) is 2. The van der Waals surface area contributed by atoms with E-state index in [2.05, 4.69) is 20.2 Å². The van der Waals surface area contributed by atoms with Crippen LogP contribution in [0.1, 0.15) is 5.56 Å². The third-order valence-electron chi connectivity index (χ3n) is 4.09. The molecule has 2 aromatic carbocycles. The maximum absolute atomic E-state index is 14.2. The summed E-state index contributed by atoms with van der Waals surface area (Å²) in [6, 6.07) is 9.19. The first kappa shape index (κ1) is 17.1. The summed E-state index contributed by atoms with van der Waals surface area (Å²) in [6.45, 7) is 0. The van der Waals surface area contributed by atoms with Crippen LogP contribution in [0.3, 0.4) is 0 Å². The summed E-state index contributed by atoms with van der Waals surface area (Å²) in [5, 5.41) is 6.78. The molecule has 0 radical (unpaired) electrons. The zero-order valence-electron chi connectivity index (χ0n) is 13.9. The van der Waals surface area contributed by atoms with E-state index in [4.69, 9.17) is 4.74 Å². The minimum absolute atomic E-state index is 0.242. The lowest BCUT2D eigenvalue weighted by Crippen LogP contribution is -2.04. The SMILES string of the molecule is COc1ccc(-c2cc(-c3nc4ccc(C(F)(F)F)cc4[nH]3)[nH]n2)c(F)c1. The Labute approximate surface area is 150 Å². The van der Waals surface area contributed by atoms with Crippen LogP contribution in [0, 0.1) is 5.82 Å². The lowest BCUT2D eigenvalue weighted by molar-refractivity contribution is -0.137. The second-order valence-corrected chi connectivity index (χ2v) is 5.83. The van der Waals surface area contributed by atoms with Crippen molar-refractivity contribution in [2.75, 3.05) is 7.11 Å². The largest absolute Gasteiger partial charge is 0.497 e. The van der Waals surface area contributed by atoms with Crippen LogP contribution in [-0.4, -0.2) is 27.3 Å². The maximum atomic E-state index is 14.2. The van der Waals surface area contributed by atoms with Crippen LogP contribution in [0.25, 0.3) is 33.8 Å². The normalized spacial score (nSPS) is 11.9. The van der Waals surface area contributed by atoms with Gasteiger partial charge in [0.2, 0.25) is 0 Å². The predicted octanol–water partition coefficient (Wildman–Crippen LogP) is 4.79. The summed E-state index contributed by atoms with van der Waals surface area (Å²) in [5.74, 6) is 0.175. The van der Waals surface area contributed by atoms with Crippen LogP contribution in [0.2, 0.25) is 0 Å². The van der Waals surface area contributed by atoms with Gasteiger partial charge in [0, 0.05) is 11.6 Å². The summed E-state index contributed by atoms with van der Waals surface area (Å²) < 4.78 is 57.7. The Morgan fingerprint density at radius 3 is 2.56 bits per heavy atom. The van der Waals surface area contributed by atoms with Gasteiger partial charge in [-0.25, -0.2) is 9.37 Å². The Morgan fingerprint density at radius 1 is 1.04 bits per heavy atom. The smallest absolute Gasteiger partial charge is 0.416 e. The number of methoxy groups -OCH3 is 1. The van der Waals surface area contributed by atoms with Crippen LogP contribution < -0.4 is 4.74 Å². The Bertz CT molecular complexity index is 1130. The number of hydrogen-bond acceptors (Lipinski definition) is 3. The second-order valence-electron chi connectivity index (χ2n) is 5.83. The third kappa shape index (κ3) is 3.12. The number of fused-ring (bicyclic) bond motifs is 1. The number of hydrogen-bond donors (Lipinski definition) is 2. The van der Waals surface area contributed by atoms with Gasteiger partial charge < -0.3 is 9.72 Å². The molecule has 138 valence electrons. The van der Waals surface area contributed by atoms with Gasteiger partial charge in [-0.05, 0) is 36.4 Å². The Balaban J connectivity index is 1.71. The van der Waals surface area contributed by atoms with Crippen molar-refractivity contribution < 1.29 is 22.3 Å². The van der Waals surface area contributed by atoms with Crippen LogP contribution in [0.4, 0.5) is 17.6 Å². The number of rotatable bonds is 3. The van der Waals surface area contributed by atoms with Gasteiger partial charge in [0.05, 0.1) is 29.4 Å². The van der Waals surface area contributed by atoms with Gasteiger partial charge in [0.25, 0.3) is 0 Å². The average Bonchev–Trinajstić information content (AvgIpc) is 3.26. The lowest BCUT2D eigenvalue weighted by atomic mass is 10.1. The topological polar surface area (TPSA) is 66.6 Å². The number of benzene rings is 2. The van der Waals surface area contributed by atoms with E-state index in [1.165, 1.54) is 25.3 Å². The number of nitrogens with one attached hydrogen (secondary N) is 2. The average molecular weight is 376 g/mol. The number of aromatic nitrogens is 4. The first-order valence-electron chi connectivity index (χ1n) is 7.82. The Kier molecular flexibility index (Phi) is 3.87. The Morgan fingerprint density at radius 2 is 1.85 bits per heavy atom. The highest BCUT2D eigenvalue weighted by Crippen LogP contribution is 2.32. The van der Waals surface area contributed by atoms with Crippen LogP contribution in [0.15, 0.2) is 42.5 Å². The predicted molar refractivity (Wildman–Crippen MR) is 90.6 cm³/mol. The van der Waals surface area contributed by atoms with Crippen molar-refractivity contribution in [3.05, 3.63) is 53.8 Å². The molecule has 0 aliphatic heterocycles. The molecule has 4 rings (SSSR count). The van der Waals surface area contributed by atoms with Gasteiger partial charge in [-0.1, -0.05) is 0 Å². The molecular formula is C18H12F4N4O. The summed E-state index contributed by atoms with van der Waals surface area (Å²) in [5.41, 5.74) is 0.868.